The minimum absolute atomic E-state index is 0.0239. The third-order valence-electron chi connectivity index (χ3n) is 8.73. The number of carbonyl (C=O) groups is 2. The van der Waals surface area contributed by atoms with Crippen molar-refractivity contribution in [3.05, 3.63) is 159 Å². The maximum absolute atomic E-state index is 12.9. The zero-order valence-corrected chi connectivity index (χ0v) is 37.1. The number of nitrogens with zero attached hydrogens (tertiary/aromatic N) is 4. The Morgan fingerprint density at radius 3 is 1.25 bits per heavy atom. The molecule has 4 aromatic heterocycles. The summed E-state index contributed by atoms with van der Waals surface area (Å²) in [6.07, 6.45) is 5.14. The van der Waals surface area contributed by atoms with Crippen molar-refractivity contribution in [2.24, 2.45) is 0 Å². The molecule has 0 aliphatic heterocycles. The third kappa shape index (κ3) is 11.4. The summed E-state index contributed by atoms with van der Waals surface area (Å²) < 4.78 is 56.5. The lowest BCUT2D eigenvalue weighted by atomic mass is 9.87. The second-order valence-electron chi connectivity index (χ2n) is 15.4. The van der Waals surface area contributed by atoms with Crippen LogP contribution in [0.2, 0.25) is 15.2 Å². The van der Waals surface area contributed by atoms with Crippen LogP contribution in [0.3, 0.4) is 0 Å². The van der Waals surface area contributed by atoms with Gasteiger partial charge in [-0.2, -0.15) is 0 Å². The maximum Gasteiger partial charge on any atom is 0.261 e. The normalized spacial score (nSPS) is 11.9. The van der Waals surface area contributed by atoms with Crippen LogP contribution < -0.4 is 15.2 Å². The molecule has 4 heterocycles. The fourth-order valence-electron chi connectivity index (χ4n) is 5.39. The Kier molecular flexibility index (Phi) is 13.7. The van der Waals surface area contributed by atoms with E-state index in [0.717, 1.165) is 11.1 Å². The summed E-state index contributed by atoms with van der Waals surface area (Å²) >= 11 is 17.8. The van der Waals surface area contributed by atoms with Gasteiger partial charge in [0.1, 0.15) is 22.4 Å². The lowest BCUT2D eigenvalue weighted by Crippen LogP contribution is -2.18. The monoisotopic (exact) mass is 907 g/mol. The van der Waals surface area contributed by atoms with Crippen LogP contribution in [0.4, 0.5) is 17.2 Å². The number of benzene rings is 2. The second-order valence-corrected chi connectivity index (χ2v) is 20.0. The Morgan fingerprint density at radius 2 is 0.917 bits per heavy atom. The van der Waals surface area contributed by atoms with Crippen molar-refractivity contribution in [3.63, 3.8) is 0 Å². The van der Waals surface area contributed by atoms with E-state index in [9.17, 15) is 26.4 Å². The first-order chi connectivity index (χ1) is 27.9. The second kappa shape index (κ2) is 18.0. The van der Waals surface area contributed by atoms with E-state index >= 15 is 0 Å². The molecule has 60 heavy (non-hydrogen) atoms. The van der Waals surface area contributed by atoms with E-state index in [1.807, 2.05) is 41.5 Å². The third-order valence-corrected chi connectivity index (χ3v) is 12.1. The highest BCUT2D eigenvalue weighted by Crippen LogP contribution is 2.29. The molecule has 18 heteroatoms. The first kappa shape index (κ1) is 45.6. The van der Waals surface area contributed by atoms with Crippen molar-refractivity contribution < 1.29 is 26.4 Å². The molecule has 0 amide bonds. The van der Waals surface area contributed by atoms with Gasteiger partial charge in [-0.25, -0.2) is 36.8 Å². The molecule has 2 aromatic carbocycles. The number of sulfonamides is 2. The van der Waals surface area contributed by atoms with Crippen LogP contribution in [0, 0.1) is 0 Å². The molecule has 0 saturated carbocycles. The zero-order chi connectivity index (χ0) is 44.2. The van der Waals surface area contributed by atoms with Crippen LogP contribution >= 0.6 is 34.8 Å². The molecule has 13 nitrogen and oxygen atoms in total. The van der Waals surface area contributed by atoms with Gasteiger partial charge in [-0.3, -0.25) is 19.0 Å². The number of nitrogen functional groups attached to an aromatic ring is 1. The summed E-state index contributed by atoms with van der Waals surface area (Å²) in [6.45, 7) is 12.2. The number of anilines is 3. The van der Waals surface area contributed by atoms with Gasteiger partial charge in [0.2, 0.25) is 11.6 Å². The number of halogens is 3. The van der Waals surface area contributed by atoms with Gasteiger partial charge >= 0.3 is 0 Å². The van der Waals surface area contributed by atoms with Crippen molar-refractivity contribution in [1.82, 2.24) is 19.9 Å². The Balaban J connectivity index is 0.000000228. The van der Waals surface area contributed by atoms with Gasteiger partial charge in [0.05, 0.1) is 31.2 Å². The molecule has 4 N–H and O–H groups in total. The molecule has 0 spiro atoms. The van der Waals surface area contributed by atoms with Gasteiger partial charge in [0.25, 0.3) is 20.0 Å². The highest BCUT2D eigenvalue weighted by atomic mass is 35.5. The van der Waals surface area contributed by atoms with Crippen molar-refractivity contribution >= 4 is 83.6 Å². The summed E-state index contributed by atoms with van der Waals surface area (Å²) in [4.78, 5) is 41.6. The van der Waals surface area contributed by atoms with E-state index in [1.54, 1.807) is 24.3 Å². The lowest BCUT2D eigenvalue weighted by Gasteiger charge is -2.19. The molecule has 6 rings (SSSR count). The topological polar surface area (TPSA) is 204 Å². The van der Waals surface area contributed by atoms with Crippen LogP contribution in [0.5, 0.6) is 0 Å². The van der Waals surface area contributed by atoms with Crippen molar-refractivity contribution in [3.8, 4) is 0 Å². The van der Waals surface area contributed by atoms with Gasteiger partial charge in [0, 0.05) is 35.9 Å². The molecule has 0 bridgehead atoms. The average Bonchev–Trinajstić information content (AvgIpc) is 3.17. The standard InChI is InChI=1S/C21H19Cl2N3O3S.C21H21ClN4O3S/c2*1-21(2,3)14-5-7-16(8-6-14)30(28,29)26-17-10-15(22)12-25-19(17)20(27)13-4-9-18(23)24-11-13/h4-12,26H,1-3H3;4-12,26H,1-3H3,(H2,23,24). The Hall–Kier alpha value is -5.45. The number of hydrogen-bond acceptors (Lipinski definition) is 11. The quantitative estimate of drug-likeness (QED) is 0.0873. The number of ketones is 2. The number of hydrogen-bond donors (Lipinski definition) is 3. The molecule has 0 aliphatic rings. The minimum Gasteiger partial charge on any atom is -0.384 e. The SMILES string of the molecule is CC(C)(C)c1ccc(S(=O)(=O)Nc2cc(Cl)cnc2C(=O)c2ccc(Cl)nc2)cc1.CC(C)(C)c1ccc(S(=O)(=O)Nc2cc(Cl)cnc2C(=O)c2ccc(N)nc2)cc1. The Labute approximate surface area is 363 Å². The number of nitrogens with one attached hydrogen (secondary N) is 2. The van der Waals surface area contributed by atoms with Crippen LogP contribution in [0.25, 0.3) is 0 Å². The van der Waals surface area contributed by atoms with Gasteiger partial charge in [-0.15, -0.1) is 0 Å². The number of pyridine rings is 4. The molecule has 0 saturated heterocycles. The molecule has 6 aromatic rings. The van der Waals surface area contributed by atoms with Crippen LogP contribution in [-0.2, 0) is 30.9 Å². The number of rotatable bonds is 10. The molecule has 0 atom stereocenters. The van der Waals surface area contributed by atoms with E-state index in [4.69, 9.17) is 40.5 Å². The molecular formula is C42H40Cl3N7O6S2. The predicted molar refractivity (Wildman–Crippen MR) is 235 cm³/mol. The van der Waals surface area contributed by atoms with Gasteiger partial charge in [0.15, 0.2) is 0 Å². The summed E-state index contributed by atoms with van der Waals surface area (Å²) in [7, 11) is -7.95. The number of carbonyl (C=O) groups excluding carboxylic acids is 2. The molecule has 0 fully saturated rings. The van der Waals surface area contributed by atoms with E-state index in [-0.39, 0.29) is 75.5 Å². The molecule has 0 unspecified atom stereocenters. The van der Waals surface area contributed by atoms with Gasteiger partial charge in [-0.05, 0) is 82.6 Å². The summed E-state index contributed by atoms with van der Waals surface area (Å²) in [6, 6.07) is 21.7. The lowest BCUT2D eigenvalue weighted by molar-refractivity contribution is 0.102. The fourth-order valence-corrected chi connectivity index (χ4v) is 7.94. The van der Waals surface area contributed by atoms with Crippen LogP contribution in [0.15, 0.2) is 120 Å². The minimum atomic E-state index is -3.97. The number of nitrogens with two attached hydrogens (primary N) is 1. The van der Waals surface area contributed by atoms with Crippen molar-refractivity contribution in [2.45, 2.75) is 62.2 Å². The summed E-state index contributed by atoms with van der Waals surface area (Å²) in [5.41, 5.74) is 7.51. The Bertz CT molecular complexity index is 2570. The fraction of sp³-hybridized carbons (Fsp3) is 0.190. The molecule has 0 aliphatic carbocycles. The molecular weight excluding hydrogens is 869 g/mol. The average molecular weight is 909 g/mol. The van der Waals surface area contributed by atoms with Crippen molar-refractivity contribution in [2.75, 3.05) is 15.2 Å². The predicted octanol–water partition coefficient (Wildman–Crippen LogP) is 9.15. The largest absolute Gasteiger partial charge is 0.384 e. The number of aromatic nitrogens is 4. The first-order valence-electron chi connectivity index (χ1n) is 17.9. The zero-order valence-electron chi connectivity index (χ0n) is 33.2. The van der Waals surface area contributed by atoms with Crippen LogP contribution in [-0.4, -0.2) is 48.3 Å². The van der Waals surface area contributed by atoms with Gasteiger partial charge in [-0.1, -0.05) is 101 Å². The summed E-state index contributed by atoms with van der Waals surface area (Å²) in [5.74, 6) is -0.771. The van der Waals surface area contributed by atoms with E-state index in [1.165, 1.54) is 85.5 Å². The highest BCUT2D eigenvalue weighted by molar-refractivity contribution is 7.93. The van der Waals surface area contributed by atoms with Gasteiger partial charge < -0.3 is 5.73 Å². The molecule has 0 radical (unpaired) electrons. The summed E-state index contributed by atoms with van der Waals surface area (Å²) in [5, 5.41) is 0.597. The van der Waals surface area contributed by atoms with E-state index in [2.05, 4.69) is 29.4 Å². The van der Waals surface area contributed by atoms with Crippen molar-refractivity contribution in [1.29, 1.82) is 0 Å². The first-order valence-corrected chi connectivity index (χ1v) is 22.0. The highest BCUT2D eigenvalue weighted by Gasteiger charge is 2.25. The smallest absolute Gasteiger partial charge is 0.261 e. The Morgan fingerprint density at radius 1 is 0.533 bits per heavy atom. The van der Waals surface area contributed by atoms with Crippen LogP contribution in [0.1, 0.15) is 84.8 Å². The van der Waals surface area contributed by atoms with E-state index < -0.39 is 31.6 Å². The molecule has 312 valence electrons. The maximum atomic E-state index is 12.9. The van der Waals surface area contributed by atoms with E-state index in [0.29, 0.717) is 0 Å².